The van der Waals surface area contributed by atoms with Crippen molar-refractivity contribution in [2.45, 2.75) is 32.2 Å². The zero-order valence-corrected chi connectivity index (χ0v) is 10.8. The second-order valence-corrected chi connectivity index (χ2v) is 4.91. The minimum atomic E-state index is -0.951. The van der Waals surface area contributed by atoms with Gasteiger partial charge in [-0.1, -0.05) is 6.92 Å². The van der Waals surface area contributed by atoms with Crippen LogP contribution in [0.5, 0.6) is 0 Å². The Balaban J connectivity index is 1.97. The Morgan fingerprint density at radius 3 is 2.95 bits per heavy atom. The predicted octanol–water partition coefficient (Wildman–Crippen LogP) is 2.90. The summed E-state index contributed by atoms with van der Waals surface area (Å²) in [6, 6.07) is 5.93. The molecule has 5 nitrogen and oxygen atoms in total. The first-order valence-electron chi connectivity index (χ1n) is 6.59. The van der Waals surface area contributed by atoms with Crippen LogP contribution in [0.3, 0.4) is 0 Å². The summed E-state index contributed by atoms with van der Waals surface area (Å²) < 4.78 is 5.73. The molecule has 1 aliphatic carbocycles. The summed E-state index contributed by atoms with van der Waals surface area (Å²) in [5, 5.41) is 8.97. The van der Waals surface area contributed by atoms with Gasteiger partial charge >= 0.3 is 5.97 Å². The molecule has 0 atom stereocenters. The molecule has 5 heteroatoms. The van der Waals surface area contributed by atoms with Crippen molar-refractivity contribution in [2.24, 2.45) is 0 Å². The minimum Gasteiger partial charge on any atom is -0.478 e. The molecule has 1 saturated carbocycles. The summed E-state index contributed by atoms with van der Waals surface area (Å²) >= 11 is 0. The summed E-state index contributed by atoms with van der Waals surface area (Å²) in [4.78, 5) is 17.6. The van der Waals surface area contributed by atoms with Gasteiger partial charge in [0.05, 0.1) is 5.56 Å². The first-order chi connectivity index (χ1) is 9.19. The topological polar surface area (TPSA) is 66.6 Å². The van der Waals surface area contributed by atoms with Crippen LogP contribution in [0.4, 0.5) is 6.01 Å². The quantitative estimate of drug-likeness (QED) is 0.895. The third-order valence-electron chi connectivity index (χ3n) is 3.32. The number of carboxylic acids is 1. The lowest BCUT2D eigenvalue weighted by atomic mass is 10.2. The third-order valence-corrected chi connectivity index (χ3v) is 3.32. The van der Waals surface area contributed by atoms with Crippen molar-refractivity contribution in [1.82, 2.24) is 4.98 Å². The Morgan fingerprint density at radius 2 is 2.32 bits per heavy atom. The van der Waals surface area contributed by atoms with Crippen LogP contribution in [0.2, 0.25) is 0 Å². The van der Waals surface area contributed by atoms with Crippen LogP contribution in [-0.4, -0.2) is 28.6 Å². The van der Waals surface area contributed by atoms with Crippen molar-refractivity contribution in [2.75, 3.05) is 11.4 Å². The fraction of sp³-hybridized carbons (Fsp3) is 0.429. The van der Waals surface area contributed by atoms with Gasteiger partial charge in [-0.2, -0.15) is 4.98 Å². The average molecular weight is 260 g/mol. The first kappa shape index (κ1) is 12.0. The molecule has 2 aromatic rings. The molecule has 1 fully saturated rings. The largest absolute Gasteiger partial charge is 0.478 e. The Morgan fingerprint density at radius 1 is 1.53 bits per heavy atom. The van der Waals surface area contributed by atoms with Crippen molar-refractivity contribution in [3.05, 3.63) is 23.8 Å². The highest BCUT2D eigenvalue weighted by atomic mass is 16.4. The maximum Gasteiger partial charge on any atom is 0.335 e. The second kappa shape index (κ2) is 4.57. The minimum absolute atomic E-state index is 0.226. The van der Waals surface area contributed by atoms with E-state index in [2.05, 4.69) is 16.8 Å². The van der Waals surface area contributed by atoms with Gasteiger partial charge in [-0.15, -0.1) is 0 Å². The van der Waals surface area contributed by atoms with E-state index in [-0.39, 0.29) is 5.56 Å². The van der Waals surface area contributed by atoms with Crippen molar-refractivity contribution in [3.63, 3.8) is 0 Å². The van der Waals surface area contributed by atoms with Crippen LogP contribution in [0, 0.1) is 0 Å². The standard InChI is InChI=1S/C14H16N2O3/c1-2-7-16(10-4-5-10)14-15-11-6-3-9(13(17)18)8-12(11)19-14/h3,6,8,10H,2,4-5,7H2,1H3,(H,17,18). The van der Waals surface area contributed by atoms with E-state index in [0.717, 1.165) is 13.0 Å². The molecule has 19 heavy (non-hydrogen) atoms. The van der Waals surface area contributed by atoms with Crippen LogP contribution < -0.4 is 4.90 Å². The van der Waals surface area contributed by atoms with Gasteiger partial charge in [0, 0.05) is 12.6 Å². The van der Waals surface area contributed by atoms with E-state index in [1.165, 1.54) is 18.9 Å². The van der Waals surface area contributed by atoms with Gasteiger partial charge in [0.1, 0.15) is 5.52 Å². The molecule has 0 spiro atoms. The van der Waals surface area contributed by atoms with E-state index in [1.807, 2.05) is 0 Å². The number of aromatic nitrogens is 1. The summed E-state index contributed by atoms with van der Waals surface area (Å²) in [5.74, 6) is -0.951. The molecule has 1 aromatic heterocycles. The van der Waals surface area contributed by atoms with Gasteiger partial charge in [-0.25, -0.2) is 4.79 Å². The number of fused-ring (bicyclic) bond motifs is 1. The molecule has 0 radical (unpaired) electrons. The molecule has 0 saturated heterocycles. The molecule has 1 N–H and O–H groups in total. The first-order valence-corrected chi connectivity index (χ1v) is 6.59. The molecule has 1 aromatic carbocycles. The number of benzene rings is 1. The van der Waals surface area contributed by atoms with Crippen LogP contribution >= 0.6 is 0 Å². The number of nitrogens with zero attached hydrogens (tertiary/aromatic N) is 2. The number of aromatic carboxylic acids is 1. The average Bonchev–Trinajstić information content (AvgIpc) is 3.13. The normalized spacial score (nSPS) is 14.8. The number of carboxylic acid groups (broad SMARTS) is 1. The molecule has 100 valence electrons. The molecule has 0 aliphatic heterocycles. The number of anilines is 1. The molecule has 1 heterocycles. The molecular formula is C14H16N2O3. The highest BCUT2D eigenvalue weighted by Gasteiger charge is 2.31. The lowest BCUT2D eigenvalue weighted by molar-refractivity contribution is 0.0697. The van der Waals surface area contributed by atoms with E-state index >= 15 is 0 Å². The second-order valence-electron chi connectivity index (χ2n) is 4.91. The van der Waals surface area contributed by atoms with E-state index in [0.29, 0.717) is 23.2 Å². The van der Waals surface area contributed by atoms with E-state index < -0.39 is 5.97 Å². The van der Waals surface area contributed by atoms with Crippen LogP contribution in [-0.2, 0) is 0 Å². The van der Waals surface area contributed by atoms with Crippen molar-refractivity contribution >= 4 is 23.1 Å². The van der Waals surface area contributed by atoms with Gasteiger partial charge in [-0.3, -0.25) is 0 Å². The Hall–Kier alpha value is -2.04. The number of carbonyl (C=O) groups is 1. The summed E-state index contributed by atoms with van der Waals surface area (Å²) in [6.45, 7) is 3.05. The van der Waals surface area contributed by atoms with Gasteiger partial charge < -0.3 is 14.4 Å². The monoisotopic (exact) mass is 260 g/mol. The number of hydrogen-bond donors (Lipinski definition) is 1. The summed E-state index contributed by atoms with van der Waals surface area (Å²) in [7, 11) is 0. The molecular weight excluding hydrogens is 244 g/mol. The van der Waals surface area contributed by atoms with Crippen molar-refractivity contribution in [1.29, 1.82) is 0 Å². The highest BCUT2D eigenvalue weighted by molar-refractivity contribution is 5.92. The zero-order valence-electron chi connectivity index (χ0n) is 10.8. The Kier molecular flexibility index (Phi) is 2.89. The van der Waals surface area contributed by atoms with E-state index in [1.54, 1.807) is 12.1 Å². The predicted molar refractivity (Wildman–Crippen MR) is 71.6 cm³/mol. The van der Waals surface area contributed by atoms with Crippen molar-refractivity contribution in [3.8, 4) is 0 Å². The number of hydrogen-bond acceptors (Lipinski definition) is 4. The molecule has 3 rings (SSSR count). The lowest BCUT2D eigenvalue weighted by Gasteiger charge is -2.18. The van der Waals surface area contributed by atoms with Gasteiger partial charge in [0.15, 0.2) is 5.58 Å². The maximum absolute atomic E-state index is 10.9. The zero-order chi connectivity index (χ0) is 13.4. The fourth-order valence-corrected chi connectivity index (χ4v) is 2.23. The molecule has 0 unspecified atom stereocenters. The smallest absolute Gasteiger partial charge is 0.335 e. The van der Waals surface area contributed by atoms with Crippen molar-refractivity contribution < 1.29 is 14.3 Å². The summed E-state index contributed by atoms with van der Waals surface area (Å²) in [5.41, 5.74) is 1.47. The maximum atomic E-state index is 10.9. The summed E-state index contributed by atoms with van der Waals surface area (Å²) in [6.07, 6.45) is 3.40. The van der Waals surface area contributed by atoms with E-state index in [4.69, 9.17) is 9.52 Å². The molecule has 0 amide bonds. The van der Waals surface area contributed by atoms with Gasteiger partial charge in [-0.05, 0) is 37.5 Å². The highest BCUT2D eigenvalue weighted by Crippen LogP contribution is 2.33. The van der Waals surface area contributed by atoms with Crippen LogP contribution in [0.1, 0.15) is 36.5 Å². The SMILES string of the molecule is CCCN(c1nc2ccc(C(=O)O)cc2o1)C1CC1. The van der Waals surface area contributed by atoms with Crippen LogP contribution in [0.15, 0.2) is 22.6 Å². The number of oxazole rings is 1. The fourth-order valence-electron chi connectivity index (χ4n) is 2.23. The van der Waals surface area contributed by atoms with Gasteiger partial charge in [0.2, 0.25) is 0 Å². The molecule has 0 bridgehead atoms. The van der Waals surface area contributed by atoms with Crippen LogP contribution in [0.25, 0.3) is 11.1 Å². The van der Waals surface area contributed by atoms with E-state index in [9.17, 15) is 4.79 Å². The Bertz CT molecular complexity index is 616. The molecule has 1 aliphatic rings. The lowest BCUT2D eigenvalue weighted by Crippen LogP contribution is -2.26. The Labute approximate surface area is 110 Å². The number of rotatable bonds is 5. The van der Waals surface area contributed by atoms with Gasteiger partial charge in [0.25, 0.3) is 6.01 Å². The third kappa shape index (κ3) is 2.28.